The van der Waals surface area contributed by atoms with Crippen LogP contribution in [0.5, 0.6) is 11.5 Å². The Balaban J connectivity index is 1.98. The number of methoxy groups -OCH3 is 1. The van der Waals surface area contributed by atoms with Crippen molar-refractivity contribution in [3.05, 3.63) is 51.5 Å². The van der Waals surface area contributed by atoms with Crippen LogP contribution in [0.25, 0.3) is 0 Å². The Hall–Kier alpha value is -2.10. The predicted molar refractivity (Wildman–Crippen MR) is 111 cm³/mol. The highest BCUT2D eigenvalue weighted by molar-refractivity contribution is 9.10. The van der Waals surface area contributed by atoms with Crippen LogP contribution in [0, 0.1) is 0 Å². The summed E-state index contributed by atoms with van der Waals surface area (Å²) in [5.41, 5.74) is 0.989. The first-order valence-corrected chi connectivity index (χ1v) is 11.5. The lowest BCUT2D eigenvalue weighted by Crippen LogP contribution is -2.27. The van der Waals surface area contributed by atoms with E-state index in [1.165, 1.54) is 25.3 Å². The number of hydrogen-bond donors (Lipinski definition) is 3. The number of amides is 1. The highest BCUT2D eigenvalue weighted by atomic mass is 79.9. The highest BCUT2D eigenvalue weighted by Gasteiger charge is 2.29. The van der Waals surface area contributed by atoms with Gasteiger partial charge in [0.25, 0.3) is 5.91 Å². The molecule has 0 heterocycles. The molecular formula is C20H22BrNO6S. The van der Waals surface area contributed by atoms with E-state index >= 15 is 0 Å². The second kappa shape index (κ2) is 8.73. The molecule has 0 radical (unpaired) electrons. The maximum atomic E-state index is 12.9. The van der Waals surface area contributed by atoms with E-state index in [9.17, 15) is 23.4 Å². The Morgan fingerprint density at radius 2 is 1.97 bits per heavy atom. The fourth-order valence-electron chi connectivity index (χ4n) is 3.04. The van der Waals surface area contributed by atoms with Crippen LogP contribution >= 0.6 is 15.9 Å². The molecule has 1 aliphatic carbocycles. The minimum Gasteiger partial charge on any atom is -0.507 e. The van der Waals surface area contributed by atoms with Gasteiger partial charge in [0.1, 0.15) is 16.4 Å². The first-order valence-electron chi connectivity index (χ1n) is 9.07. The molecule has 1 fully saturated rings. The quantitative estimate of drug-likeness (QED) is 0.497. The van der Waals surface area contributed by atoms with E-state index in [1.54, 1.807) is 12.1 Å². The third-order valence-corrected chi connectivity index (χ3v) is 6.88. The number of hydrogen-bond acceptors (Lipinski definition) is 6. The summed E-state index contributed by atoms with van der Waals surface area (Å²) in [6.07, 6.45) is 1.90. The number of phenolic OH excluding ortho intramolecular Hbond substituents is 2. The Morgan fingerprint density at radius 3 is 2.62 bits per heavy atom. The molecule has 0 aromatic heterocycles. The average Bonchev–Trinajstić information content (AvgIpc) is 3.50. The number of aromatic hydroxyl groups is 2. The zero-order valence-corrected chi connectivity index (χ0v) is 18.2. The van der Waals surface area contributed by atoms with Crippen LogP contribution in [0.4, 0.5) is 0 Å². The summed E-state index contributed by atoms with van der Waals surface area (Å²) in [5.74, 6) is -1.53. The molecule has 0 saturated heterocycles. The molecule has 1 saturated carbocycles. The molecule has 0 unspecified atom stereocenters. The Kier molecular flexibility index (Phi) is 6.50. The molecule has 0 bridgehead atoms. The van der Waals surface area contributed by atoms with Gasteiger partial charge in [-0.2, -0.15) is 0 Å². The summed E-state index contributed by atoms with van der Waals surface area (Å²) >= 11 is 3.20. The zero-order valence-electron chi connectivity index (χ0n) is 15.8. The predicted octanol–water partition coefficient (Wildman–Crippen LogP) is 3.09. The van der Waals surface area contributed by atoms with Crippen molar-refractivity contribution in [2.75, 3.05) is 20.3 Å². The smallest absolute Gasteiger partial charge is 0.255 e. The third-order valence-electron chi connectivity index (χ3n) is 4.70. The van der Waals surface area contributed by atoms with Gasteiger partial charge in [-0.3, -0.25) is 4.79 Å². The monoisotopic (exact) mass is 483 g/mol. The zero-order chi connectivity index (χ0) is 21.2. The maximum Gasteiger partial charge on any atom is 0.255 e. The van der Waals surface area contributed by atoms with Gasteiger partial charge in [0.15, 0.2) is 9.84 Å². The number of phenols is 2. The van der Waals surface area contributed by atoms with Gasteiger partial charge in [0, 0.05) is 23.7 Å². The Morgan fingerprint density at radius 1 is 1.24 bits per heavy atom. The molecule has 3 rings (SSSR count). The van der Waals surface area contributed by atoms with Crippen molar-refractivity contribution >= 4 is 31.7 Å². The molecule has 2 aromatic rings. The Bertz CT molecular complexity index is 1030. The lowest BCUT2D eigenvalue weighted by molar-refractivity contribution is 0.0934. The summed E-state index contributed by atoms with van der Waals surface area (Å²) in [6.45, 7) is 0.584. The number of carbonyl (C=O) groups is 1. The number of ether oxygens (including phenoxy) is 1. The van der Waals surface area contributed by atoms with E-state index in [4.69, 9.17) is 4.74 Å². The molecule has 1 aliphatic rings. The molecular weight excluding hydrogens is 462 g/mol. The summed E-state index contributed by atoms with van der Waals surface area (Å²) in [6, 6.07) is 7.37. The van der Waals surface area contributed by atoms with Gasteiger partial charge in [0.2, 0.25) is 0 Å². The fraction of sp³-hybridized carbons (Fsp3) is 0.350. The molecule has 156 valence electrons. The van der Waals surface area contributed by atoms with E-state index < -0.39 is 21.5 Å². The number of sulfone groups is 1. The second-order valence-corrected chi connectivity index (χ2v) is 9.84. The highest BCUT2D eigenvalue weighted by Crippen LogP contribution is 2.43. The van der Waals surface area contributed by atoms with Gasteiger partial charge >= 0.3 is 0 Å². The molecule has 9 heteroatoms. The van der Waals surface area contributed by atoms with Crippen LogP contribution in [0.15, 0.2) is 39.7 Å². The third kappa shape index (κ3) is 5.09. The van der Waals surface area contributed by atoms with Gasteiger partial charge in [-0.1, -0.05) is 22.0 Å². The molecule has 0 atom stereocenters. The number of nitrogens with one attached hydrogen (secondary N) is 1. The maximum absolute atomic E-state index is 12.9. The van der Waals surface area contributed by atoms with E-state index in [1.807, 2.05) is 0 Å². The van der Waals surface area contributed by atoms with Crippen LogP contribution < -0.4 is 5.32 Å². The number of halogens is 1. The van der Waals surface area contributed by atoms with Gasteiger partial charge in [-0.05, 0) is 48.6 Å². The molecule has 2 aromatic carbocycles. The Labute approximate surface area is 177 Å². The van der Waals surface area contributed by atoms with Gasteiger partial charge in [-0.15, -0.1) is 0 Å². The van der Waals surface area contributed by atoms with Crippen molar-refractivity contribution in [3.8, 4) is 11.5 Å². The van der Waals surface area contributed by atoms with Crippen LogP contribution in [0.3, 0.4) is 0 Å². The molecule has 1 amide bonds. The van der Waals surface area contributed by atoms with Crippen molar-refractivity contribution < 1.29 is 28.2 Å². The lowest BCUT2D eigenvalue weighted by Gasteiger charge is -2.14. The second-order valence-electron chi connectivity index (χ2n) is 6.97. The van der Waals surface area contributed by atoms with Crippen molar-refractivity contribution in [2.45, 2.75) is 29.4 Å². The van der Waals surface area contributed by atoms with Crippen LogP contribution in [-0.4, -0.2) is 44.8 Å². The summed E-state index contributed by atoms with van der Waals surface area (Å²) in [5, 5.41) is 23.3. The van der Waals surface area contributed by atoms with Crippen LogP contribution in [0.1, 0.15) is 40.2 Å². The minimum atomic E-state index is -3.97. The molecule has 29 heavy (non-hydrogen) atoms. The lowest BCUT2D eigenvalue weighted by atomic mass is 10.0. The normalized spacial score (nSPS) is 14.0. The van der Waals surface area contributed by atoms with E-state index in [2.05, 4.69) is 21.2 Å². The van der Waals surface area contributed by atoms with Crippen molar-refractivity contribution in [3.63, 3.8) is 0 Å². The van der Waals surface area contributed by atoms with E-state index in [0.29, 0.717) is 11.1 Å². The first-order chi connectivity index (χ1) is 13.7. The number of rotatable bonds is 8. The van der Waals surface area contributed by atoms with Crippen LogP contribution in [-0.2, 0) is 20.3 Å². The molecule has 0 aliphatic heterocycles. The number of benzene rings is 2. The van der Waals surface area contributed by atoms with Crippen molar-refractivity contribution in [2.24, 2.45) is 0 Å². The van der Waals surface area contributed by atoms with Crippen molar-refractivity contribution in [1.29, 1.82) is 0 Å². The largest absolute Gasteiger partial charge is 0.507 e. The molecule has 3 N–H and O–H groups in total. The first kappa shape index (κ1) is 21.6. The summed E-state index contributed by atoms with van der Waals surface area (Å²) in [4.78, 5) is 12.3. The summed E-state index contributed by atoms with van der Waals surface area (Å²) < 4.78 is 31.2. The van der Waals surface area contributed by atoms with Crippen molar-refractivity contribution in [1.82, 2.24) is 5.32 Å². The van der Waals surface area contributed by atoms with E-state index in [0.717, 1.165) is 18.4 Å². The average molecular weight is 484 g/mol. The van der Waals surface area contributed by atoms with Gasteiger partial charge in [-0.25, -0.2) is 8.42 Å². The van der Waals surface area contributed by atoms with E-state index in [-0.39, 0.29) is 40.0 Å². The number of carbonyl (C=O) groups excluding carboxylic acids is 1. The fourth-order valence-corrected chi connectivity index (χ4v) is 5.03. The summed E-state index contributed by atoms with van der Waals surface area (Å²) in [7, 11) is -2.45. The molecule has 0 spiro atoms. The van der Waals surface area contributed by atoms with Gasteiger partial charge < -0.3 is 20.3 Å². The standard InChI is InChI=1S/C20H22BrNO6S/c1-28-7-6-22-20(25)16-9-13(12-2-3-12)8-14(19(16)24)11-29(26,27)18-10-15(21)4-5-17(18)23/h4-5,8-10,12,23-24H,2-3,6-7,11H2,1H3,(H,22,25). The van der Waals surface area contributed by atoms with Gasteiger partial charge in [0.05, 0.1) is 17.9 Å². The SMILES string of the molecule is COCCNC(=O)c1cc(C2CC2)cc(CS(=O)(=O)c2cc(Br)ccc2O)c1O. The molecule has 7 nitrogen and oxygen atoms in total. The van der Waals surface area contributed by atoms with Crippen LogP contribution in [0.2, 0.25) is 0 Å². The minimum absolute atomic E-state index is 0.0363. The topological polar surface area (TPSA) is 113 Å².